The first-order valence-corrected chi connectivity index (χ1v) is 5.84. The van der Waals surface area contributed by atoms with Crippen LogP contribution < -0.4 is 11.1 Å². The average Bonchev–Trinajstić information content (AvgIpc) is 2.21. The Morgan fingerprint density at radius 2 is 2.24 bits per heavy atom. The second-order valence-electron chi connectivity index (χ2n) is 4.87. The molecule has 0 radical (unpaired) electrons. The van der Waals surface area contributed by atoms with Crippen LogP contribution in [0.5, 0.6) is 0 Å². The molecule has 3 nitrogen and oxygen atoms in total. The van der Waals surface area contributed by atoms with Gasteiger partial charge in [-0.2, -0.15) is 0 Å². The third kappa shape index (κ3) is 2.64. The molecule has 92 valence electrons. The highest BCUT2D eigenvalue weighted by Gasteiger charge is 2.34. The fourth-order valence-corrected chi connectivity index (χ4v) is 2.10. The Morgan fingerprint density at radius 3 is 2.76 bits per heavy atom. The SMILES string of the molecule is Cc1cccc(F)c1NC(=O)CC1(N)CCC1. The van der Waals surface area contributed by atoms with Gasteiger partial charge in [0.25, 0.3) is 0 Å². The predicted molar refractivity (Wildman–Crippen MR) is 65.2 cm³/mol. The number of benzene rings is 1. The first kappa shape index (κ1) is 12.0. The summed E-state index contributed by atoms with van der Waals surface area (Å²) in [5, 5.41) is 2.61. The number of carbonyl (C=O) groups is 1. The molecule has 1 saturated carbocycles. The van der Waals surface area contributed by atoms with Gasteiger partial charge in [0.2, 0.25) is 5.91 Å². The van der Waals surface area contributed by atoms with Crippen LogP contribution in [0.15, 0.2) is 18.2 Å². The van der Waals surface area contributed by atoms with Gasteiger partial charge in [0.15, 0.2) is 0 Å². The molecule has 0 aliphatic heterocycles. The van der Waals surface area contributed by atoms with Gasteiger partial charge in [-0.05, 0) is 37.8 Å². The lowest BCUT2D eigenvalue weighted by Gasteiger charge is -2.37. The Morgan fingerprint density at radius 1 is 1.53 bits per heavy atom. The van der Waals surface area contributed by atoms with Crippen LogP contribution in [-0.4, -0.2) is 11.4 Å². The number of anilines is 1. The highest BCUT2D eigenvalue weighted by molar-refractivity contribution is 5.92. The third-order valence-corrected chi connectivity index (χ3v) is 3.35. The van der Waals surface area contributed by atoms with Crippen LogP contribution in [0.3, 0.4) is 0 Å². The van der Waals surface area contributed by atoms with Crippen LogP contribution in [0.25, 0.3) is 0 Å². The summed E-state index contributed by atoms with van der Waals surface area (Å²) in [7, 11) is 0. The number of halogens is 1. The maximum absolute atomic E-state index is 13.5. The summed E-state index contributed by atoms with van der Waals surface area (Å²) in [5.41, 5.74) is 6.59. The zero-order valence-corrected chi connectivity index (χ0v) is 9.92. The van der Waals surface area contributed by atoms with Crippen molar-refractivity contribution in [1.82, 2.24) is 0 Å². The largest absolute Gasteiger partial charge is 0.325 e. The van der Waals surface area contributed by atoms with Crippen molar-refractivity contribution in [3.05, 3.63) is 29.6 Å². The van der Waals surface area contributed by atoms with Crippen molar-refractivity contribution in [1.29, 1.82) is 0 Å². The number of nitrogens with one attached hydrogen (secondary N) is 1. The smallest absolute Gasteiger partial charge is 0.226 e. The minimum Gasteiger partial charge on any atom is -0.325 e. The standard InChI is InChI=1S/C13H17FN2O/c1-9-4-2-5-10(14)12(9)16-11(17)8-13(15)6-3-7-13/h2,4-5H,3,6-8,15H2,1H3,(H,16,17). The summed E-state index contributed by atoms with van der Waals surface area (Å²) in [6.45, 7) is 1.76. The second-order valence-corrected chi connectivity index (χ2v) is 4.87. The topological polar surface area (TPSA) is 55.1 Å². The fraction of sp³-hybridized carbons (Fsp3) is 0.462. The van der Waals surface area contributed by atoms with E-state index in [0.29, 0.717) is 0 Å². The summed E-state index contributed by atoms with van der Waals surface area (Å²) in [4.78, 5) is 11.8. The molecular formula is C13H17FN2O. The second kappa shape index (κ2) is 4.45. The fourth-order valence-electron chi connectivity index (χ4n) is 2.10. The summed E-state index contributed by atoms with van der Waals surface area (Å²) in [5.74, 6) is -0.613. The maximum atomic E-state index is 13.5. The molecule has 4 heteroatoms. The van der Waals surface area contributed by atoms with Crippen LogP contribution in [0.1, 0.15) is 31.2 Å². The van der Waals surface area contributed by atoms with Crippen molar-refractivity contribution >= 4 is 11.6 Å². The lowest BCUT2D eigenvalue weighted by molar-refractivity contribution is -0.118. The normalized spacial score (nSPS) is 17.4. The number of aryl methyl sites for hydroxylation is 1. The zero-order valence-electron chi connectivity index (χ0n) is 9.92. The highest BCUT2D eigenvalue weighted by atomic mass is 19.1. The number of amides is 1. The number of hydrogen-bond donors (Lipinski definition) is 2. The highest BCUT2D eigenvalue weighted by Crippen LogP contribution is 2.32. The number of carbonyl (C=O) groups excluding carboxylic acids is 1. The third-order valence-electron chi connectivity index (χ3n) is 3.35. The van der Waals surface area contributed by atoms with Crippen molar-refractivity contribution in [3.63, 3.8) is 0 Å². The van der Waals surface area contributed by atoms with Gasteiger partial charge in [0.05, 0.1) is 5.69 Å². The molecule has 1 fully saturated rings. The van der Waals surface area contributed by atoms with Crippen molar-refractivity contribution in [2.45, 2.75) is 38.1 Å². The molecule has 0 heterocycles. The lowest BCUT2D eigenvalue weighted by atomic mass is 9.75. The monoisotopic (exact) mass is 236 g/mol. The van der Waals surface area contributed by atoms with Gasteiger partial charge in [-0.1, -0.05) is 12.1 Å². The molecule has 0 unspecified atom stereocenters. The van der Waals surface area contributed by atoms with E-state index in [0.717, 1.165) is 24.8 Å². The minimum atomic E-state index is -0.405. The summed E-state index contributed by atoms with van der Waals surface area (Å²) in [6.07, 6.45) is 3.08. The van der Waals surface area contributed by atoms with E-state index in [2.05, 4.69) is 5.32 Å². The molecule has 0 aromatic heterocycles. The van der Waals surface area contributed by atoms with E-state index in [-0.39, 0.29) is 23.6 Å². The number of nitrogens with two attached hydrogens (primary N) is 1. The van der Waals surface area contributed by atoms with E-state index >= 15 is 0 Å². The van der Waals surface area contributed by atoms with E-state index in [4.69, 9.17) is 5.73 Å². The van der Waals surface area contributed by atoms with Gasteiger partial charge >= 0.3 is 0 Å². The van der Waals surface area contributed by atoms with Gasteiger partial charge in [0.1, 0.15) is 5.82 Å². The Balaban J connectivity index is 2.03. The Labute approximate surface area is 100 Å². The zero-order chi connectivity index (χ0) is 12.5. The van der Waals surface area contributed by atoms with E-state index in [1.54, 1.807) is 19.1 Å². The van der Waals surface area contributed by atoms with E-state index in [1.807, 2.05) is 0 Å². The molecule has 0 saturated heterocycles. The van der Waals surface area contributed by atoms with Crippen LogP contribution in [0, 0.1) is 12.7 Å². The van der Waals surface area contributed by atoms with E-state index < -0.39 is 5.82 Å². The quantitative estimate of drug-likeness (QED) is 0.846. The number of hydrogen-bond acceptors (Lipinski definition) is 2. The molecule has 1 aliphatic rings. The summed E-state index contributed by atoms with van der Waals surface area (Å²) < 4.78 is 13.5. The Kier molecular flexibility index (Phi) is 3.15. The summed E-state index contributed by atoms with van der Waals surface area (Å²) in [6, 6.07) is 4.72. The van der Waals surface area contributed by atoms with Crippen LogP contribution in [-0.2, 0) is 4.79 Å². The van der Waals surface area contributed by atoms with Gasteiger partial charge < -0.3 is 11.1 Å². The molecular weight excluding hydrogens is 219 g/mol. The van der Waals surface area contributed by atoms with Crippen LogP contribution >= 0.6 is 0 Å². The van der Waals surface area contributed by atoms with Crippen LogP contribution in [0.4, 0.5) is 10.1 Å². The number of rotatable bonds is 3. The van der Waals surface area contributed by atoms with E-state index in [1.165, 1.54) is 6.07 Å². The molecule has 1 aliphatic carbocycles. The Bertz CT molecular complexity index is 421. The van der Waals surface area contributed by atoms with Gasteiger partial charge in [-0.3, -0.25) is 4.79 Å². The molecule has 0 bridgehead atoms. The molecule has 1 aromatic carbocycles. The number of para-hydroxylation sites is 1. The molecule has 0 atom stereocenters. The lowest BCUT2D eigenvalue weighted by Crippen LogP contribution is -2.49. The van der Waals surface area contributed by atoms with Gasteiger partial charge in [-0.15, -0.1) is 0 Å². The molecule has 1 amide bonds. The summed E-state index contributed by atoms with van der Waals surface area (Å²) >= 11 is 0. The van der Waals surface area contributed by atoms with Crippen molar-refractivity contribution in [3.8, 4) is 0 Å². The molecule has 2 rings (SSSR count). The minimum absolute atomic E-state index is 0.208. The molecule has 1 aromatic rings. The van der Waals surface area contributed by atoms with Crippen molar-refractivity contribution in [2.75, 3.05) is 5.32 Å². The van der Waals surface area contributed by atoms with Crippen molar-refractivity contribution < 1.29 is 9.18 Å². The van der Waals surface area contributed by atoms with Crippen LogP contribution in [0.2, 0.25) is 0 Å². The van der Waals surface area contributed by atoms with E-state index in [9.17, 15) is 9.18 Å². The molecule has 0 spiro atoms. The Hall–Kier alpha value is -1.42. The van der Waals surface area contributed by atoms with Crippen molar-refractivity contribution in [2.24, 2.45) is 5.73 Å². The molecule has 17 heavy (non-hydrogen) atoms. The first-order valence-electron chi connectivity index (χ1n) is 5.84. The molecule has 3 N–H and O–H groups in total. The maximum Gasteiger partial charge on any atom is 0.226 e. The predicted octanol–water partition coefficient (Wildman–Crippen LogP) is 2.34. The first-order chi connectivity index (χ1) is 8.00. The van der Waals surface area contributed by atoms with Gasteiger partial charge in [0, 0.05) is 12.0 Å². The van der Waals surface area contributed by atoms with Gasteiger partial charge in [-0.25, -0.2) is 4.39 Å². The average molecular weight is 236 g/mol.